The van der Waals surface area contributed by atoms with Gasteiger partial charge in [0.2, 0.25) is 0 Å². The molecule has 0 bridgehead atoms. The second-order valence-corrected chi connectivity index (χ2v) is 8.85. The van der Waals surface area contributed by atoms with Gasteiger partial charge in [-0.25, -0.2) is 0 Å². The molecule has 1 aliphatic heterocycles. The van der Waals surface area contributed by atoms with Crippen molar-refractivity contribution in [2.45, 2.75) is 71.5 Å². The minimum Gasteiger partial charge on any atom is -0.494 e. The lowest BCUT2D eigenvalue weighted by Gasteiger charge is -2.43. The molecule has 26 heavy (non-hydrogen) atoms. The highest BCUT2D eigenvalue weighted by Crippen LogP contribution is 2.29. The molecule has 5 nitrogen and oxygen atoms in total. The number of nitrogens with two attached hydrogens (primary N) is 1. The number of ether oxygens (including phenoxy) is 1. The fourth-order valence-electron chi connectivity index (χ4n) is 4.54. The Bertz CT molecular complexity index is 804. The predicted molar refractivity (Wildman–Crippen MR) is 103 cm³/mol. The molecule has 2 aromatic rings. The number of carbonyl (C=O) groups excluding carboxylic acids is 1. The molecule has 1 aliphatic rings. The lowest BCUT2D eigenvalue weighted by molar-refractivity contribution is -0.787. The SMILES string of the molecule is CCOc1ccc2oc(C(=O)NC3CC(C)(C)[NH2+]C(C)(C)C3)c(C)c2c1. The van der Waals surface area contributed by atoms with Crippen LogP contribution in [0.1, 0.15) is 63.6 Å². The molecule has 0 radical (unpaired) electrons. The molecule has 2 heterocycles. The van der Waals surface area contributed by atoms with Gasteiger partial charge in [0.25, 0.3) is 5.91 Å². The molecule has 1 saturated heterocycles. The first-order valence-corrected chi connectivity index (χ1v) is 9.44. The summed E-state index contributed by atoms with van der Waals surface area (Å²) in [6.45, 7) is 13.4. The van der Waals surface area contributed by atoms with Gasteiger partial charge in [0.15, 0.2) is 5.76 Å². The van der Waals surface area contributed by atoms with E-state index in [1.54, 1.807) is 0 Å². The van der Waals surface area contributed by atoms with Crippen LogP contribution < -0.4 is 15.4 Å². The summed E-state index contributed by atoms with van der Waals surface area (Å²) < 4.78 is 11.4. The maximum atomic E-state index is 12.9. The number of amides is 1. The van der Waals surface area contributed by atoms with Crippen molar-refractivity contribution in [3.63, 3.8) is 0 Å². The van der Waals surface area contributed by atoms with Gasteiger partial charge < -0.3 is 19.8 Å². The highest BCUT2D eigenvalue weighted by molar-refractivity contribution is 5.99. The Morgan fingerprint density at radius 2 is 1.92 bits per heavy atom. The number of benzene rings is 1. The summed E-state index contributed by atoms with van der Waals surface area (Å²) in [4.78, 5) is 12.9. The minimum atomic E-state index is -0.129. The summed E-state index contributed by atoms with van der Waals surface area (Å²) in [7, 11) is 0. The molecule has 1 aromatic carbocycles. The van der Waals surface area contributed by atoms with Crippen LogP contribution in [0.4, 0.5) is 0 Å². The number of carbonyl (C=O) groups is 1. The average Bonchev–Trinajstić information content (AvgIpc) is 2.81. The average molecular weight is 359 g/mol. The Hall–Kier alpha value is -2.01. The Morgan fingerprint density at radius 1 is 1.27 bits per heavy atom. The van der Waals surface area contributed by atoms with Crippen LogP contribution in [0, 0.1) is 6.92 Å². The third kappa shape index (κ3) is 3.88. The van der Waals surface area contributed by atoms with Gasteiger partial charge in [-0.05, 0) is 59.7 Å². The van der Waals surface area contributed by atoms with Crippen molar-refractivity contribution in [2.75, 3.05) is 6.61 Å². The number of aryl methyl sites for hydroxylation is 1. The molecule has 0 saturated carbocycles. The zero-order valence-corrected chi connectivity index (χ0v) is 16.7. The van der Waals surface area contributed by atoms with Crippen molar-refractivity contribution in [3.8, 4) is 5.75 Å². The van der Waals surface area contributed by atoms with E-state index in [9.17, 15) is 4.79 Å². The molecular formula is C21H31N2O3+. The lowest BCUT2D eigenvalue weighted by atomic mass is 9.79. The van der Waals surface area contributed by atoms with E-state index in [0.29, 0.717) is 18.0 Å². The normalized spacial score (nSPS) is 19.5. The third-order valence-corrected chi connectivity index (χ3v) is 5.09. The van der Waals surface area contributed by atoms with Gasteiger partial charge in [0, 0.05) is 29.8 Å². The van der Waals surface area contributed by atoms with Gasteiger partial charge in [0.1, 0.15) is 11.3 Å². The number of hydrogen-bond acceptors (Lipinski definition) is 3. The molecule has 1 amide bonds. The topological polar surface area (TPSA) is 68.1 Å². The zero-order valence-electron chi connectivity index (χ0n) is 16.7. The predicted octanol–water partition coefficient (Wildman–Crippen LogP) is 3.15. The minimum absolute atomic E-state index is 0.106. The first-order chi connectivity index (χ1) is 12.1. The quantitative estimate of drug-likeness (QED) is 0.881. The molecule has 142 valence electrons. The zero-order chi connectivity index (χ0) is 19.1. The second-order valence-electron chi connectivity index (χ2n) is 8.85. The Kier molecular flexibility index (Phi) is 4.78. The van der Waals surface area contributed by atoms with Crippen molar-refractivity contribution in [1.82, 2.24) is 5.32 Å². The van der Waals surface area contributed by atoms with Crippen LogP contribution in [0.25, 0.3) is 11.0 Å². The molecule has 0 aliphatic carbocycles. The number of quaternary nitrogens is 1. The van der Waals surface area contributed by atoms with Gasteiger partial charge in [0.05, 0.1) is 17.7 Å². The summed E-state index contributed by atoms with van der Waals surface area (Å²) in [5.41, 5.74) is 1.79. The van der Waals surface area contributed by atoms with E-state index in [4.69, 9.17) is 9.15 Å². The van der Waals surface area contributed by atoms with E-state index < -0.39 is 0 Å². The second kappa shape index (κ2) is 6.62. The van der Waals surface area contributed by atoms with Crippen LogP contribution in [0.5, 0.6) is 5.75 Å². The van der Waals surface area contributed by atoms with E-state index in [1.165, 1.54) is 0 Å². The summed E-state index contributed by atoms with van der Waals surface area (Å²) in [5.74, 6) is 1.07. The van der Waals surface area contributed by atoms with E-state index in [1.807, 2.05) is 32.0 Å². The Morgan fingerprint density at radius 3 is 2.54 bits per heavy atom. The lowest BCUT2D eigenvalue weighted by Crippen LogP contribution is -3.06. The number of furan rings is 1. The molecule has 3 rings (SSSR count). The van der Waals surface area contributed by atoms with E-state index in [2.05, 4.69) is 38.3 Å². The first-order valence-electron chi connectivity index (χ1n) is 9.44. The van der Waals surface area contributed by atoms with Crippen molar-refractivity contribution >= 4 is 16.9 Å². The van der Waals surface area contributed by atoms with E-state index in [-0.39, 0.29) is 23.0 Å². The van der Waals surface area contributed by atoms with E-state index in [0.717, 1.165) is 29.5 Å². The largest absolute Gasteiger partial charge is 0.494 e. The van der Waals surface area contributed by atoms with Crippen LogP contribution in [0.2, 0.25) is 0 Å². The molecule has 1 aromatic heterocycles. The summed E-state index contributed by atoms with van der Waals surface area (Å²) in [6.07, 6.45) is 1.88. The van der Waals surface area contributed by atoms with Gasteiger partial charge >= 0.3 is 0 Å². The maximum Gasteiger partial charge on any atom is 0.287 e. The van der Waals surface area contributed by atoms with Gasteiger partial charge in [-0.15, -0.1) is 0 Å². The maximum absolute atomic E-state index is 12.9. The monoisotopic (exact) mass is 359 g/mol. The molecule has 0 unspecified atom stereocenters. The van der Waals surface area contributed by atoms with Crippen LogP contribution in [-0.2, 0) is 0 Å². The van der Waals surface area contributed by atoms with Gasteiger partial charge in [-0.2, -0.15) is 0 Å². The van der Waals surface area contributed by atoms with Crippen molar-refractivity contribution in [3.05, 3.63) is 29.5 Å². The number of fused-ring (bicyclic) bond motifs is 1. The third-order valence-electron chi connectivity index (χ3n) is 5.09. The fourth-order valence-corrected chi connectivity index (χ4v) is 4.54. The Labute approximate surface area is 155 Å². The molecule has 0 atom stereocenters. The van der Waals surface area contributed by atoms with Gasteiger partial charge in [-0.3, -0.25) is 4.79 Å². The number of piperidine rings is 1. The Balaban J connectivity index is 1.82. The van der Waals surface area contributed by atoms with Crippen molar-refractivity contribution < 1.29 is 19.3 Å². The molecule has 5 heteroatoms. The van der Waals surface area contributed by atoms with Crippen molar-refractivity contribution in [1.29, 1.82) is 0 Å². The van der Waals surface area contributed by atoms with E-state index >= 15 is 0 Å². The van der Waals surface area contributed by atoms with Gasteiger partial charge in [-0.1, -0.05) is 0 Å². The molecular weight excluding hydrogens is 328 g/mol. The molecule has 3 N–H and O–H groups in total. The number of hydrogen-bond donors (Lipinski definition) is 2. The van der Waals surface area contributed by atoms with Crippen LogP contribution in [-0.4, -0.2) is 29.6 Å². The highest BCUT2D eigenvalue weighted by atomic mass is 16.5. The first kappa shape index (κ1) is 18.8. The highest BCUT2D eigenvalue weighted by Gasteiger charge is 2.42. The summed E-state index contributed by atoms with van der Waals surface area (Å²) >= 11 is 0. The molecule has 0 spiro atoms. The number of rotatable bonds is 4. The van der Waals surface area contributed by atoms with Crippen molar-refractivity contribution in [2.24, 2.45) is 0 Å². The van der Waals surface area contributed by atoms with Crippen LogP contribution in [0.15, 0.2) is 22.6 Å². The number of nitrogens with one attached hydrogen (secondary N) is 1. The standard InChI is InChI=1S/C21H30N2O3/c1-7-25-15-8-9-17-16(10-15)13(2)18(26-17)19(24)22-14-11-20(3,4)23-21(5,6)12-14/h8-10,14,23H,7,11-12H2,1-6H3,(H,22,24)/p+1. The summed E-state index contributed by atoms with van der Waals surface area (Å²) in [5, 5.41) is 6.54. The van der Waals surface area contributed by atoms with Crippen LogP contribution in [0.3, 0.4) is 0 Å². The smallest absolute Gasteiger partial charge is 0.287 e. The van der Waals surface area contributed by atoms with Crippen LogP contribution >= 0.6 is 0 Å². The fraction of sp³-hybridized carbons (Fsp3) is 0.571. The summed E-state index contributed by atoms with van der Waals surface area (Å²) in [6, 6.07) is 5.82. The molecule has 1 fully saturated rings.